The van der Waals surface area contributed by atoms with Crippen LogP contribution in [0.2, 0.25) is 0 Å². The molecule has 0 bridgehead atoms. The second-order valence-electron chi connectivity index (χ2n) is 11.5. The molecule has 43 heavy (non-hydrogen) atoms. The van der Waals surface area contributed by atoms with Crippen LogP contribution >= 0.6 is 0 Å². The minimum absolute atomic E-state index is 0.0876. The molecule has 0 aromatic heterocycles. The maximum atomic E-state index is 13.1. The number of benzene rings is 1. The largest absolute Gasteiger partial charge is 0.480 e. The molecule has 242 valence electrons. The Morgan fingerprint density at radius 3 is 1.79 bits per heavy atom. The summed E-state index contributed by atoms with van der Waals surface area (Å²) in [5.74, 6) is -1.43. The Morgan fingerprint density at radius 2 is 1.33 bits per heavy atom. The second kappa shape index (κ2) is 16.5. The maximum absolute atomic E-state index is 13.1. The summed E-state index contributed by atoms with van der Waals surface area (Å²) in [4.78, 5) is 37.0. The van der Waals surface area contributed by atoms with E-state index >= 15 is 0 Å². The van der Waals surface area contributed by atoms with Gasteiger partial charge in [-0.2, -0.15) is 4.72 Å². The van der Waals surface area contributed by atoms with E-state index in [0.29, 0.717) is 11.8 Å². The molecule has 1 aromatic rings. The molecule has 0 radical (unpaired) electrons. The Balaban J connectivity index is 1.51. The zero-order valence-electron chi connectivity index (χ0n) is 24.6. The van der Waals surface area contributed by atoms with Gasteiger partial charge in [0.15, 0.2) is 9.84 Å². The third-order valence-corrected chi connectivity index (χ3v) is 10.8. The maximum Gasteiger partial charge on any atom is 0.323 e. The van der Waals surface area contributed by atoms with E-state index in [-0.39, 0.29) is 28.2 Å². The van der Waals surface area contributed by atoms with Gasteiger partial charge in [-0.1, -0.05) is 0 Å². The number of carboxylic acid groups (broad SMARTS) is 1. The van der Waals surface area contributed by atoms with Crippen molar-refractivity contribution in [2.75, 3.05) is 45.5 Å². The van der Waals surface area contributed by atoms with Gasteiger partial charge in [0.25, 0.3) is 0 Å². The molecule has 0 aliphatic carbocycles. The Morgan fingerprint density at radius 1 is 0.837 bits per heavy atom. The summed E-state index contributed by atoms with van der Waals surface area (Å²) in [6.45, 7) is 3.03. The summed E-state index contributed by atoms with van der Waals surface area (Å²) >= 11 is 0. The van der Waals surface area contributed by atoms with E-state index in [2.05, 4.69) is 21.3 Å². The van der Waals surface area contributed by atoms with Crippen molar-refractivity contribution in [3.05, 3.63) is 24.3 Å². The predicted molar refractivity (Wildman–Crippen MR) is 160 cm³/mol. The number of sulfonamides is 1. The zero-order valence-corrected chi connectivity index (χ0v) is 26.3. The minimum atomic E-state index is -4.34. The van der Waals surface area contributed by atoms with Gasteiger partial charge < -0.3 is 26.4 Å². The van der Waals surface area contributed by atoms with Crippen LogP contribution in [0.1, 0.15) is 51.4 Å². The zero-order chi connectivity index (χ0) is 31.5. The molecule has 1 atom stereocenters. The molecule has 2 aliphatic heterocycles. The highest BCUT2D eigenvalue weighted by Crippen LogP contribution is 2.27. The summed E-state index contributed by atoms with van der Waals surface area (Å²) in [5.41, 5.74) is 0. The summed E-state index contributed by atoms with van der Waals surface area (Å²) in [5, 5.41) is 21.3. The molecule has 13 nitrogen and oxygen atoms in total. The van der Waals surface area contributed by atoms with Crippen LogP contribution in [-0.4, -0.2) is 91.3 Å². The Hall–Kier alpha value is -2.59. The Kier molecular flexibility index (Phi) is 13.4. The van der Waals surface area contributed by atoms with Crippen LogP contribution in [0.15, 0.2) is 34.1 Å². The van der Waals surface area contributed by atoms with E-state index in [1.807, 2.05) is 4.72 Å². The van der Waals surface area contributed by atoms with Crippen molar-refractivity contribution in [3.8, 4) is 0 Å². The average Bonchev–Trinajstić information content (AvgIpc) is 2.98. The molecule has 3 rings (SSSR count). The van der Waals surface area contributed by atoms with Gasteiger partial charge in [0.05, 0.1) is 16.3 Å². The second-order valence-corrected chi connectivity index (χ2v) is 15.2. The van der Waals surface area contributed by atoms with Crippen molar-refractivity contribution in [3.63, 3.8) is 0 Å². The summed E-state index contributed by atoms with van der Waals surface area (Å²) in [7, 11) is -7.88. The van der Waals surface area contributed by atoms with Crippen LogP contribution in [0.3, 0.4) is 0 Å². The lowest BCUT2D eigenvalue weighted by molar-refractivity contribution is -0.139. The van der Waals surface area contributed by atoms with Crippen LogP contribution < -0.4 is 26.0 Å². The Labute approximate surface area is 254 Å². The number of sulfone groups is 1. The van der Waals surface area contributed by atoms with E-state index in [4.69, 9.17) is 0 Å². The summed E-state index contributed by atoms with van der Waals surface area (Å²) in [6, 6.07) is 2.63. The van der Waals surface area contributed by atoms with Crippen LogP contribution in [-0.2, 0) is 34.2 Å². The number of hydrogen-bond donors (Lipinski definition) is 6. The van der Waals surface area contributed by atoms with E-state index in [1.54, 1.807) is 0 Å². The molecular formula is C28H45N5O8S2. The quantitative estimate of drug-likeness (QED) is 0.145. The first-order valence-electron chi connectivity index (χ1n) is 14.9. The topological polar surface area (TPSA) is 200 Å². The van der Waals surface area contributed by atoms with E-state index in [1.165, 1.54) is 0 Å². The van der Waals surface area contributed by atoms with Gasteiger partial charge in [-0.05, 0) is 114 Å². The highest BCUT2D eigenvalue weighted by Gasteiger charge is 2.27. The fourth-order valence-corrected chi connectivity index (χ4v) is 7.33. The number of rotatable bonds is 16. The normalized spacial score (nSPS) is 17.8. The molecule has 2 saturated heterocycles. The number of aliphatic carboxylic acids is 1. The molecule has 2 amide bonds. The summed E-state index contributed by atoms with van der Waals surface area (Å²) < 4.78 is 50.7. The van der Waals surface area contributed by atoms with Gasteiger partial charge in [-0.3, -0.25) is 14.4 Å². The molecule has 6 N–H and O–H groups in total. The molecule has 15 heteroatoms. The molecule has 1 aromatic carbocycles. The van der Waals surface area contributed by atoms with Crippen LogP contribution in [0.4, 0.5) is 0 Å². The fourth-order valence-electron chi connectivity index (χ4n) is 5.51. The van der Waals surface area contributed by atoms with E-state index < -0.39 is 44.3 Å². The lowest BCUT2D eigenvalue weighted by Crippen LogP contribution is -2.50. The number of carboxylic acids is 1. The molecule has 2 aliphatic rings. The van der Waals surface area contributed by atoms with Crippen LogP contribution in [0, 0.1) is 17.8 Å². The van der Waals surface area contributed by atoms with Gasteiger partial charge in [-0.25, -0.2) is 16.8 Å². The smallest absolute Gasteiger partial charge is 0.323 e. The molecule has 2 heterocycles. The van der Waals surface area contributed by atoms with E-state index in [0.717, 1.165) is 108 Å². The average molecular weight is 644 g/mol. The molecule has 0 spiro atoms. The predicted octanol–water partition coefficient (Wildman–Crippen LogP) is 0.230. The number of hydrogen-bond acceptors (Lipinski definition) is 9. The van der Waals surface area contributed by atoms with Crippen molar-refractivity contribution >= 4 is 37.6 Å². The Bertz CT molecular complexity index is 1270. The van der Waals surface area contributed by atoms with Crippen LogP contribution in [0.5, 0.6) is 0 Å². The fraction of sp³-hybridized carbons (Fsp3) is 0.679. The third-order valence-electron chi connectivity index (χ3n) is 8.22. The van der Waals surface area contributed by atoms with Gasteiger partial charge in [0, 0.05) is 18.7 Å². The van der Waals surface area contributed by atoms with Crippen molar-refractivity contribution in [1.29, 1.82) is 0 Å². The lowest BCUT2D eigenvalue weighted by atomic mass is 9.84. The van der Waals surface area contributed by atoms with Gasteiger partial charge in [-0.15, -0.1) is 0 Å². The number of piperidine rings is 2. The molecule has 1 unspecified atom stereocenters. The number of carbonyl (C=O) groups excluding carboxylic acids is 2. The van der Waals surface area contributed by atoms with Crippen molar-refractivity contribution < 1.29 is 36.3 Å². The standard InChI is InChI=1S/C28H45N5O8S2/c1-42(38,39)23-6-8-24(9-7-23)43(40,41)33-25(28(36)37)18-31-26(34)19-32-27(35)22(4-2-20-10-14-29-15-11-20)5-3-21-12-16-30-17-13-21/h6-9,20-22,25,29-30,33H,2-5,10-19H2,1H3,(H,31,34)(H,32,35)(H,36,37). The van der Waals surface area contributed by atoms with Gasteiger partial charge >= 0.3 is 5.97 Å². The monoisotopic (exact) mass is 643 g/mol. The van der Waals surface area contributed by atoms with Gasteiger partial charge in [0.1, 0.15) is 6.04 Å². The number of nitrogens with one attached hydrogen (secondary N) is 5. The molecular weight excluding hydrogens is 598 g/mol. The van der Waals surface area contributed by atoms with Gasteiger partial charge in [0.2, 0.25) is 21.8 Å². The third kappa shape index (κ3) is 11.8. The molecule has 2 fully saturated rings. The number of amides is 2. The highest BCUT2D eigenvalue weighted by molar-refractivity contribution is 7.90. The van der Waals surface area contributed by atoms with Crippen molar-refractivity contribution in [2.45, 2.75) is 67.2 Å². The first-order valence-corrected chi connectivity index (χ1v) is 18.2. The lowest BCUT2D eigenvalue weighted by Gasteiger charge is -2.27. The van der Waals surface area contributed by atoms with Crippen molar-refractivity contribution in [2.24, 2.45) is 17.8 Å². The SMILES string of the molecule is CS(=O)(=O)c1ccc(S(=O)(=O)NC(CNC(=O)CNC(=O)C(CCC2CCNCC2)CCC2CCNCC2)C(=O)O)cc1. The minimum Gasteiger partial charge on any atom is -0.480 e. The van der Waals surface area contributed by atoms with Crippen LogP contribution in [0.25, 0.3) is 0 Å². The molecule has 0 saturated carbocycles. The highest BCUT2D eigenvalue weighted by atomic mass is 32.2. The summed E-state index contributed by atoms with van der Waals surface area (Å²) in [6.07, 6.45) is 8.73. The van der Waals surface area contributed by atoms with Crippen molar-refractivity contribution in [1.82, 2.24) is 26.0 Å². The first-order chi connectivity index (χ1) is 20.3. The number of carbonyl (C=O) groups is 3. The van der Waals surface area contributed by atoms with E-state index in [9.17, 15) is 36.3 Å². The first kappa shape index (κ1) is 34.9.